The largest absolute Gasteiger partial charge is 0.467 e. The van der Waals surface area contributed by atoms with Crippen LogP contribution in [0.2, 0.25) is 0 Å². The van der Waals surface area contributed by atoms with Crippen LogP contribution in [0.1, 0.15) is 23.6 Å². The number of rotatable bonds is 2. The van der Waals surface area contributed by atoms with Gasteiger partial charge < -0.3 is 10.5 Å². The number of ether oxygens (including phenoxy) is 1. The average molecular weight is 207 g/mol. The minimum Gasteiger partial charge on any atom is -0.467 e. The van der Waals surface area contributed by atoms with E-state index in [2.05, 4.69) is 4.74 Å². The Balaban J connectivity index is 3.20. The van der Waals surface area contributed by atoms with Crippen LogP contribution in [-0.4, -0.2) is 13.1 Å². The predicted octanol–water partition coefficient (Wildman–Crippen LogP) is 1.65. The summed E-state index contributed by atoms with van der Waals surface area (Å²) in [5.74, 6) is -0.424. The Morgan fingerprint density at radius 2 is 1.73 bits per heavy atom. The van der Waals surface area contributed by atoms with Gasteiger partial charge in [-0.3, -0.25) is 0 Å². The molecule has 1 aromatic rings. The summed E-state index contributed by atoms with van der Waals surface area (Å²) in [5.41, 5.74) is 7.84. The molecule has 15 heavy (non-hydrogen) atoms. The Morgan fingerprint density at radius 1 is 1.27 bits per heavy atom. The van der Waals surface area contributed by atoms with Gasteiger partial charge in [0.2, 0.25) is 0 Å². The number of carbonyl (C=O) groups excluding carboxylic acids is 1. The zero-order chi connectivity index (χ0) is 11.6. The topological polar surface area (TPSA) is 52.3 Å². The second kappa shape index (κ2) is 4.03. The first-order valence-electron chi connectivity index (χ1n) is 4.84. The molecule has 0 aliphatic heterocycles. The second-order valence-corrected chi connectivity index (χ2v) is 4.07. The second-order valence-electron chi connectivity index (χ2n) is 4.07. The van der Waals surface area contributed by atoms with Gasteiger partial charge in [-0.15, -0.1) is 0 Å². The van der Waals surface area contributed by atoms with Gasteiger partial charge in [0, 0.05) is 0 Å². The molecule has 0 saturated carbocycles. The molecule has 0 radical (unpaired) electrons. The van der Waals surface area contributed by atoms with Crippen LogP contribution in [0.3, 0.4) is 0 Å². The van der Waals surface area contributed by atoms with Gasteiger partial charge in [0.25, 0.3) is 0 Å². The minimum absolute atomic E-state index is 0.424. The summed E-state index contributed by atoms with van der Waals surface area (Å²) in [6.07, 6.45) is 0. The molecule has 1 rings (SSSR count). The summed E-state index contributed by atoms with van der Waals surface area (Å²) < 4.78 is 4.69. The maximum absolute atomic E-state index is 11.5. The van der Waals surface area contributed by atoms with Gasteiger partial charge in [0.05, 0.1) is 7.11 Å². The van der Waals surface area contributed by atoms with Crippen molar-refractivity contribution in [3.8, 4) is 0 Å². The van der Waals surface area contributed by atoms with Crippen molar-refractivity contribution in [3.63, 3.8) is 0 Å². The van der Waals surface area contributed by atoms with E-state index in [1.54, 1.807) is 6.92 Å². The smallest absolute Gasteiger partial charge is 0.330 e. The van der Waals surface area contributed by atoms with Gasteiger partial charge in [-0.25, -0.2) is 4.79 Å². The van der Waals surface area contributed by atoms with Crippen molar-refractivity contribution >= 4 is 5.97 Å². The Hall–Kier alpha value is -1.35. The van der Waals surface area contributed by atoms with Crippen LogP contribution in [-0.2, 0) is 15.1 Å². The molecule has 0 aliphatic rings. The molecule has 0 aliphatic carbocycles. The summed E-state index contributed by atoms with van der Waals surface area (Å²) in [4.78, 5) is 11.5. The van der Waals surface area contributed by atoms with Crippen LogP contribution in [0.25, 0.3) is 0 Å². The lowest BCUT2D eigenvalue weighted by Gasteiger charge is -2.22. The molecule has 0 saturated heterocycles. The fourth-order valence-corrected chi connectivity index (χ4v) is 1.60. The highest BCUT2D eigenvalue weighted by Crippen LogP contribution is 2.21. The Labute approximate surface area is 90.2 Å². The highest BCUT2D eigenvalue weighted by atomic mass is 16.5. The summed E-state index contributed by atoms with van der Waals surface area (Å²) in [6.45, 7) is 5.61. The molecular weight excluding hydrogens is 190 g/mol. The first kappa shape index (κ1) is 11.7. The number of esters is 1. The number of hydrogen-bond acceptors (Lipinski definition) is 3. The van der Waals surface area contributed by atoms with Crippen molar-refractivity contribution in [3.05, 3.63) is 34.9 Å². The molecule has 0 bridgehead atoms. The van der Waals surface area contributed by atoms with Crippen LogP contribution < -0.4 is 5.73 Å². The lowest BCUT2D eigenvalue weighted by molar-refractivity contribution is -0.146. The van der Waals surface area contributed by atoms with E-state index in [1.807, 2.05) is 32.0 Å². The molecule has 0 amide bonds. The first-order chi connectivity index (χ1) is 6.87. The monoisotopic (exact) mass is 207 g/mol. The van der Waals surface area contributed by atoms with Crippen molar-refractivity contribution in [2.45, 2.75) is 26.3 Å². The van der Waals surface area contributed by atoms with Crippen LogP contribution in [0.15, 0.2) is 18.2 Å². The summed E-state index contributed by atoms with van der Waals surface area (Å²) in [7, 11) is 1.34. The summed E-state index contributed by atoms with van der Waals surface area (Å²) >= 11 is 0. The Morgan fingerprint density at radius 3 is 2.13 bits per heavy atom. The third-order valence-corrected chi connectivity index (χ3v) is 2.43. The summed E-state index contributed by atoms with van der Waals surface area (Å²) in [6, 6.07) is 5.85. The van der Waals surface area contributed by atoms with Gasteiger partial charge in [-0.2, -0.15) is 0 Å². The lowest BCUT2D eigenvalue weighted by atomic mass is 9.91. The van der Waals surface area contributed by atoms with Gasteiger partial charge in [-0.1, -0.05) is 29.3 Å². The molecule has 3 heteroatoms. The third kappa shape index (κ3) is 2.36. The van der Waals surface area contributed by atoms with E-state index >= 15 is 0 Å². The third-order valence-electron chi connectivity index (χ3n) is 2.43. The number of methoxy groups -OCH3 is 1. The van der Waals surface area contributed by atoms with E-state index in [-0.39, 0.29) is 0 Å². The molecule has 2 N–H and O–H groups in total. The van der Waals surface area contributed by atoms with Gasteiger partial charge in [0.15, 0.2) is 0 Å². The van der Waals surface area contributed by atoms with Crippen molar-refractivity contribution in [1.29, 1.82) is 0 Å². The number of benzene rings is 1. The molecule has 82 valence electrons. The van der Waals surface area contributed by atoms with E-state index in [4.69, 9.17) is 5.73 Å². The molecule has 1 unspecified atom stereocenters. The predicted molar refractivity (Wildman–Crippen MR) is 59.5 cm³/mol. The maximum Gasteiger partial charge on any atom is 0.330 e. The number of nitrogens with two attached hydrogens (primary N) is 1. The Bertz CT molecular complexity index is 363. The highest BCUT2D eigenvalue weighted by molar-refractivity contribution is 5.81. The van der Waals surface area contributed by atoms with E-state index in [0.717, 1.165) is 16.7 Å². The van der Waals surface area contributed by atoms with Crippen molar-refractivity contribution in [2.24, 2.45) is 5.73 Å². The van der Waals surface area contributed by atoms with Gasteiger partial charge in [0.1, 0.15) is 5.54 Å². The molecular formula is C12H17NO2. The molecule has 1 atom stereocenters. The molecule has 0 heterocycles. The average Bonchev–Trinajstić information content (AvgIpc) is 2.15. The fourth-order valence-electron chi connectivity index (χ4n) is 1.60. The Kier molecular flexibility index (Phi) is 3.15. The van der Waals surface area contributed by atoms with Crippen molar-refractivity contribution < 1.29 is 9.53 Å². The molecule has 0 spiro atoms. The molecule has 1 aromatic carbocycles. The zero-order valence-corrected chi connectivity index (χ0v) is 9.63. The number of hydrogen-bond donors (Lipinski definition) is 1. The van der Waals surface area contributed by atoms with Gasteiger partial charge >= 0.3 is 5.97 Å². The highest BCUT2D eigenvalue weighted by Gasteiger charge is 2.31. The number of aryl methyl sites for hydroxylation is 2. The fraction of sp³-hybridized carbons (Fsp3) is 0.417. The van der Waals surface area contributed by atoms with E-state index in [9.17, 15) is 4.79 Å². The lowest BCUT2D eigenvalue weighted by Crippen LogP contribution is -2.42. The molecule has 0 aromatic heterocycles. The van der Waals surface area contributed by atoms with Crippen molar-refractivity contribution in [1.82, 2.24) is 0 Å². The van der Waals surface area contributed by atoms with Crippen LogP contribution in [0.5, 0.6) is 0 Å². The SMILES string of the molecule is COC(=O)C(C)(N)c1cc(C)cc(C)c1. The summed E-state index contributed by atoms with van der Waals surface area (Å²) in [5, 5.41) is 0. The minimum atomic E-state index is -1.08. The van der Waals surface area contributed by atoms with Crippen LogP contribution in [0, 0.1) is 13.8 Å². The van der Waals surface area contributed by atoms with Crippen molar-refractivity contribution in [2.75, 3.05) is 7.11 Å². The van der Waals surface area contributed by atoms with Crippen LogP contribution >= 0.6 is 0 Å². The maximum atomic E-state index is 11.5. The quantitative estimate of drug-likeness (QED) is 0.750. The van der Waals surface area contributed by atoms with Crippen LogP contribution in [0.4, 0.5) is 0 Å². The molecule has 3 nitrogen and oxygen atoms in total. The first-order valence-corrected chi connectivity index (χ1v) is 4.84. The normalized spacial score (nSPS) is 14.5. The zero-order valence-electron chi connectivity index (χ0n) is 9.63. The van der Waals surface area contributed by atoms with Gasteiger partial charge in [-0.05, 0) is 26.3 Å². The number of carbonyl (C=O) groups is 1. The van der Waals surface area contributed by atoms with E-state index < -0.39 is 11.5 Å². The standard InChI is InChI=1S/C12H17NO2/c1-8-5-9(2)7-10(6-8)12(3,13)11(14)15-4/h5-7H,13H2,1-4H3. The van der Waals surface area contributed by atoms with E-state index in [0.29, 0.717) is 0 Å². The molecule has 0 fully saturated rings. The van der Waals surface area contributed by atoms with E-state index in [1.165, 1.54) is 7.11 Å².